The van der Waals surface area contributed by atoms with Crippen LogP contribution in [-0.4, -0.2) is 48.0 Å². The standard InChI is InChI=1S/C25H29N3O5/c1-16-8-10-18(11-9-16)25(4)22(30)28(23(31)27-25)15-20(29)26-12-13-32-19-7-5-6-17-14-24(2,3)33-21(17)19/h5-11H,12-15H2,1-4H3,(H,26,29)(H,27,31). The molecular weight excluding hydrogens is 422 g/mol. The van der Waals surface area contributed by atoms with Crippen molar-refractivity contribution in [2.75, 3.05) is 19.7 Å². The summed E-state index contributed by atoms with van der Waals surface area (Å²) in [6.07, 6.45) is 0.809. The molecule has 4 amide bonds. The summed E-state index contributed by atoms with van der Waals surface area (Å²) < 4.78 is 11.8. The molecule has 0 bridgehead atoms. The van der Waals surface area contributed by atoms with Crippen molar-refractivity contribution in [1.29, 1.82) is 0 Å². The van der Waals surface area contributed by atoms with Crippen LogP contribution >= 0.6 is 0 Å². The molecule has 2 heterocycles. The summed E-state index contributed by atoms with van der Waals surface area (Å²) in [5.74, 6) is 0.479. The van der Waals surface area contributed by atoms with Crippen LogP contribution < -0.4 is 20.1 Å². The summed E-state index contributed by atoms with van der Waals surface area (Å²) in [5.41, 5.74) is 1.34. The maximum absolute atomic E-state index is 13.0. The highest BCUT2D eigenvalue weighted by Crippen LogP contribution is 2.41. The van der Waals surface area contributed by atoms with Gasteiger partial charge in [0, 0.05) is 12.0 Å². The number of imide groups is 1. The second kappa shape index (κ2) is 8.42. The van der Waals surface area contributed by atoms with Crippen molar-refractivity contribution in [3.8, 4) is 11.5 Å². The van der Waals surface area contributed by atoms with E-state index in [0.717, 1.165) is 28.2 Å². The molecule has 4 rings (SSSR count). The molecule has 0 radical (unpaired) electrons. The number of hydrogen-bond donors (Lipinski definition) is 2. The van der Waals surface area contributed by atoms with Gasteiger partial charge in [-0.1, -0.05) is 42.0 Å². The van der Waals surface area contributed by atoms with E-state index in [-0.39, 0.29) is 25.3 Å². The SMILES string of the molecule is Cc1ccc(C2(C)NC(=O)N(CC(=O)NCCOc3cccc4c3OC(C)(C)C4)C2=O)cc1. The Balaban J connectivity index is 1.29. The van der Waals surface area contributed by atoms with E-state index in [2.05, 4.69) is 10.6 Å². The number of fused-ring (bicyclic) bond motifs is 1. The molecule has 0 aromatic heterocycles. The number of nitrogens with zero attached hydrogens (tertiary/aromatic N) is 1. The minimum atomic E-state index is -1.20. The molecule has 2 aliphatic rings. The van der Waals surface area contributed by atoms with Crippen molar-refractivity contribution in [2.24, 2.45) is 0 Å². The Kier molecular flexibility index (Phi) is 5.78. The Bertz CT molecular complexity index is 1100. The normalized spacial score (nSPS) is 20.8. The maximum Gasteiger partial charge on any atom is 0.325 e. The average Bonchev–Trinajstić information content (AvgIpc) is 3.19. The van der Waals surface area contributed by atoms with Gasteiger partial charge in [-0.05, 0) is 39.3 Å². The molecule has 1 fully saturated rings. The van der Waals surface area contributed by atoms with Gasteiger partial charge in [0.15, 0.2) is 11.5 Å². The third-order valence-electron chi connectivity index (χ3n) is 5.94. The molecule has 2 aromatic rings. The van der Waals surface area contributed by atoms with Crippen LogP contribution in [0.4, 0.5) is 4.79 Å². The molecule has 8 nitrogen and oxygen atoms in total. The first-order valence-corrected chi connectivity index (χ1v) is 11.0. The summed E-state index contributed by atoms with van der Waals surface area (Å²) in [5, 5.41) is 5.41. The molecule has 2 aromatic carbocycles. The Morgan fingerprint density at radius 3 is 2.61 bits per heavy atom. The smallest absolute Gasteiger partial charge is 0.325 e. The van der Waals surface area contributed by atoms with Gasteiger partial charge in [0.05, 0.1) is 6.54 Å². The van der Waals surface area contributed by atoms with Gasteiger partial charge in [0.2, 0.25) is 5.91 Å². The van der Waals surface area contributed by atoms with Crippen LogP contribution in [0.5, 0.6) is 11.5 Å². The van der Waals surface area contributed by atoms with Crippen molar-refractivity contribution < 1.29 is 23.9 Å². The molecule has 2 N–H and O–H groups in total. The Morgan fingerprint density at radius 1 is 1.15 bits per heavy atom. The van der Waals surface area contributed by atoms with Gasteiger partial charge in [-0.2, -0.15) is 0 Å². The molecular formula is C25H29N3O5. The number of ether oxygens (including phenoxy) is 2. The highest BCUT2D eigenvalue weighted by Gasteiger charge is 2.49. The van der Waals surface area contributed by atoms with Gasteiger partial charge in [-0.15, -0.1) is 0 Å². The summed E-state index contributed by atoms with van der Waals surface area (Å²) in [6.45, 7) is 7.74. The van der Waals surface area contributed by atoms with E-state index in [4.69, 9.17) is 9.47 Å². The molecule has 0 aliphatic carbocycles. The second-order valence-corrected chi connectivity index (χ2v) is 9.29. The molecule has 8 heteroatoms. The van der Waals surface area contributed by atoms with Crippen LogP contribution in [0.3, 0.4) is 0 Å². The fourth-order valence-corrected chi connectivity index (χ4v) is 4.18. The van der Waals surface area contributed by atoms with Gasteiger partial charge < -0.3 is 20.1 Å². The summed E-state index contributed by atoms with van der Waals surface area (Å²) in [6, 6.07) is 12.5. The number of carbonyl (C=O) groups is 3. The van der Waals surface area contributed by atoms with Crippen LogP contribution in [0, 0.1) is 6.92 Å². The van der Waals surface area contributed by atoms with Crippen LogP contribution in [-0.2, 0) is 21.5 Å². The average molecular weight is 452 g/mol. The Hall–Kier alpha value is -3.55. The second-order valence-electron chi connectivity index (χ2n) is 9.29. The number of carbonyl (C=O) groups excluding carboxylic acids is 3. The lowest BCUT2D eigenvalue weighted by molar-refractivity contribution is -0.134. The first-order valence-electron chi connectivity index (χ1n) is 11.0. The van der Waals surface area contributed by atoms with Crippen molar-refractivity contribution in [2.45, 2.75) is 45.3 Å². The lowest BCUT2D eigenvalue weighted by atomic mass is 9.91. The fraction of sp³-hybridized carbons (Fsp3) is 0.400. The quantitative estimate of drug-likeness (QED) is 0.498. The van der Waals surface area contributed by atoms with E-state index in [1.165, 1.54) is 0 Å². The number of urea groups is 1. The van der Waals surface area contributed by atoms with Gasteiger partial charge in [-0.3, -0.25) is 14.5 Å². The zero-order valence-corrected chi connectivity index (χ0v) is 19.4. The molecule has 0 spiro atoms. The number of benzene rings is 2. The third kappa shape index (κ3) is 4.51. The van der Waals surface area contributed by atoms with Crippen LogP contribution in [0.15, 0.2) is 42.5 Å². The highest BCUT2D eigenvalue weighted by molar-refractivity contribution is 6.09. The number of rotatable bonds is 7. The fourth-order valence-electron chi connectivity index (χ4n) is 4.18. The number of aryl methyl sites for hydroxylation is 1. The van der Waals surface area contributed by atoms with Crippen molar-refractivity contribution in [3.63, 3.8) is 0 Å². The molecule has 1 atom stereocenters. The van der Waals surface area contributed by atoms with Crippen molar-refractivity contribution >= 4 is 17.8 Å². The molecule has 1 unspecified atom stereocenters. The van der Waals surface area contributed by atoms with Crippen molar-refractivity contribution in [3.05, 3.63) is 59.2 Å². The van der Waals surface area contributed by atoms with Gasteiger partial charge >= 0.3 is 6.03 Å². The number of nitrogens with one attached hydrogen (secondary N) is 2. The van der Waals surface area contributed by atoms with Crippen LogP contribution in [0.1, 0.15) is 37.5 Å². The minimum absolute atomic E-state index is 0.227. The lowest BCUT2D eigenvalue weighted by Crippen LogP contribution is -2.43. The van der Waals surface area contributed by atoms with E-state index in [0.29, 0.717) is 11.3 Å². The molecule has 0 saturated carbocycles. The third-order valence-corrected chi connectivity index (χ3v) is 5.94. The monoisotopic (exact) mass is 451 g/mol. The zero-order valence-electron chi connectivity index (χ0n) is 19.4. The molecule has 1 saturated heterocycles. The first kappa shape index (κ1) is 22.6. The predicted octanol–water partition coefficient (Wildman–Crippen LogP) is 2.67. The van der Waals surface area contributed by atoms with Gasteiger partial charge in [0.25, 0.3) is 5.91 Å². The van der Waals surface area contributed by atoms with Crippen LogP contribution in [0.25, 0.3) is 0 Å². The van der Waals surface area contributed by atoms with E-state index < -0.39 is 23.4 Å². The van der Waals surface area contributed by atoms with Gasteiger partial charge in [-0.25, -0.2) is 4.79 Å². The minimum Gasteiger partial charge on any atom is -0.488 e. The number of amides is 4. The largest absolute Gasteiger partial charge is 0.488 e. The first-order chi connectivity index (χ1) is 15.6. The Labute approximate surface area is 193 Å². The molecule has 174 valence electrons. The highest BCUT2D eigenvalue weighted by atomic mass is 16.5. The van der Waals surface area contributed by atoms with E-state index in [1.807, 2.05) is 51.1 Å². The van der Waals surface area contributed by atoms with Crippen molar-refractivity contribution in [1.82, 2.24) is 15.5 Å². The lowest BCUT2D eigenvalue weighted by Gasteiger charge is -2.22. The van der Waals surface area contributed by atoms with E-state index in [9.17, 15) is 14.4 Å². The number of hydrogen-bond acceptors (Lipinski definition) is 5. The summed E-state index contributed by atoms with van der Waals surface area (Å²) in [4.78, 5) is 38.7. The maximum atomic E-state index is 13.0. The summed E-state index contributed by atoms with van der Waals surface area (Å²) >= 11 is 0. The number of para-hydroxylation sites is 1. The molecule has 2 aliphatic heterocycles. The van der Waals surface area contributed by atoms with Crippen LogP contribution in [0.2, 0.25) is 0 Å². The van der Waals surface area contributed by atoms with E-state index >= 15 is 0 Å². The predicted molar refractivity (Wildman–Crippen MR) is 122 cm³/mol. The Morgan fingerprint density at radius 2 is 1.88 bits per heavy atom. The van der Waals surface area contributed by atoms with Gasteiger partial charge in [0.1, 0.15) is 24.3 Å². The van der Waals surface area contributed by atoms with E-state index in [1.54, 1.807) is 19.1 Å². The molecule has 33 heavy (non-hydrogen) atoms. The topological polar surface area (TPSA) is 97.0 Å². The zero-order chi connectivity index (χ0) is 23.8. The summed E-state index contributed by atoms with van der Waals surface area (Å²) in [7, 11) is 0.